The molecule has 2 heterocycles. The van der Waals surface area contributed by atoms with Gasteiger partial charge in [0.2, 0.25) is 11.8 Å². The van der Waals surface area contributed by atoms with Crippen molar-refractivity contribution in [1.29, 1.82) is 0 Å². The van der Waals surface area contributed by atoms with E-state index >= 15 is 0 Å². The maximum atomic E-state index is 13.4. The third-order valence-electron chi connectivity index (χ3n) is 10.9. The molecule has 0 bridgehead atoms. The Kier molecular flexibility index (Phi) is 14.8. The first-order valence-corrected chi connectivity index (χ1v) is 19.8. The molecule has 3 aliphatic rings. The van der Waals surface area contributed by atoms with Crippen molar-refractivity contribution in [3.8, 4) is 0 Å². The molecular weight excluding hydrogens is 624 g/mol. The van der Waals surface area contributed by atoms with E-state index in [2.05, 4.69) is 29.7 Å². The molecule has 5 rings (SSSR count). The van der Waals surface area contributed by atoms with Crippen LogP contribution in [0.3, 0.4) is 0 Å². The van der Waals surface area contributed by atoms with Crippen LogP contribution in [-0.4, -0.2) is 71.7 Å². The zero-order valence-corrected chi connectivity index (χ0v) is 30.4. The summed E-state index contributed by atoms with van der Waals surface area (Å²) >= 11 is 0. The molecule has 1 aliphatic carbocycles. The Labute approximate surface area is 300 Å². The number of hydrogen-bond acceptors (Lipinski definition) is 4. The topological polar surface area (TPSA) is 98.8 Å². The van der Waals surface area contributed by atoms with E-state index in [4.69, 9.17) is 0 Å². The predicted octanol–water partition coefficient (Wildman–Crippen LogP) is 7.63. The molecule has 0 unspecified atom stereocenters. The largest absolute Gasteiger partial charge is 0.352 e. The molecule has 4 atom stereocenters. The van der Waals surface area contributed by atoms with Gasteiger partial charge in [-0.2, -0.15) is 0 Å². The number of nitrogens with zero attached hydrogens (tertiary/aromatic N) is 2. The first kappa shape index (κ1) is 37.6. The zero-order chi connectivity index (χ0) is 35.1. The van der Waals surface area contributed by atoms with Crippen LogP contribution in [0.1, 0.15) is 148 Å². The van der Waals surface area contributed by atoms with Gasteiger partial charge < -0.3 is 20.4 Å². The fraction of sp³-hybridized carbons (Fsp3) is 0.619. The second-order valence-electron chi connectivity index (χ2n) is 15.0. The van der Waals surface area contributed by atoms with E-state index in [1.54, 1.807) is 29.2 Å². The normalized spacial score (nSPS) is 21.5. The second-order valence-corrected chi connectivity index (χ2v) is 15.0. The summed E-state index contributed by atoms with van der Waals surface area (Å²) in [4.78, 5) is 55.8. The SMILES string of the molecule is CCCCCCCCCCCCCCC(=O)N[C@H]1CCCN(C(=O)c2ccc(C(=O)N3CC[C@H](C(=O)N[C@H]4C[C@@H]4c4ccccc4)C3)cc2)C1. The fourth-order valence-corrected chi connectivity index (χ4v) is 7.71. The van der Waals surface area contributed by atoms with E-state index < -0.39 is 0 Å². The molecule has 0 spiro atoms. The molecule has 1 saturated carbocycles. The lowest BCUT2D eigenvalue weighted by Crippen LogP contribution is -2.49. The number of unbranched alkanes of at least 4 members (excludes halogenated alkanes) is 11. The minimum Gasteiger partial charge on any atom is -0.352 e. The Morgan fingerprint density at radius 1 is 0.660 bits per heavy atom. The third-order valence-corrected chi connectivity index (χ3v) is 10.9. The quantitative estimate of drug-likeness (QED) is 0.149. The highest BCUT2D eigenvalue weighted by Gasteiger charge is 2.41. The molecule has 272 valence electrons. The van der Waals surface area contributed by atoms with Gasteiger partial charge in [0.1, 0.15) is 0 Å². The molecule has 2 aliphatic heterocycles. The number of rotatable bonds is 19. The van der Waals surface area contributed by atoms with Crippen molar-refractivity contribution >= 4 is 23.6 Å². The highest BCUT2D eigenvalue weighted by atomic mass is 16.2. The van der Waals surface area contributed by atoms with E-state index in [0.717, 1.165) is 32.1 Å². The van der Waals surface area contributed by atoms with E-state index in [1.165, 1.54) is 69.8 Å². The van der Waals surface area contributed by atoms with Crippen LogP contribution in [0.5, 0.6) is 0 Å². The predicted molar refractivity (Wildman–Crippen MR) is 199 cm³/mol. The number of amides is 4. The van der Waals surface area contributed by atoms with Crippen molar-refractivity contribution < 1.29 is 19.2 Å². The molecule has 0 aromatic heterocycles. The summed E-state index contributed by atoms with van der Waals surface area (Å²) < 4.78 is 0. The van der Waals surface area contributed by atoms with Crippen LogP contribution in [-0.2, 0) is 9.59 Å². The van der Waals surface area contributed by atoms with Gasteiger partial charge in [0.15, 0.2) is 0 Å². The standard InChI is InChI=1S/C42H60N4O4/c1-2-3-4-5-6-7-8-9-10-11-12-16-21-39(47)43-36-20-17-27-45(31-36)41(49)33-22-24-34(25-23-33)42(50)46-28-26-35(30-46)40(48)44-38-29-37(38)32-18-14-13-15-19-32/h13-15,18-19,22-25,35-38H,2-12,16-17,20-21,26-31H2,1H3,(H,43,47)(H,44,48)/t35-,36-,37+,38-/m0/s1. The highest BCUT2D eigenvalue weighted by molar-refractivity contribution is 5.98. The second kappa shape index (κ2) is 19.6. The molecule has 50 heavy (non-hydrogen) atoms. The first-order valence-electron chi connectivity index (χ1n) is 19.8. The van der Waals surface area contributed by atoms with Crippen molar-refractivity contribution in [3.63, 3.8) is 0 Å². The van der Waals surface area contributed by atoms with Gasteiger partial charge in [-0.05, 0) is 61.9 Å². The van der Waals surface area contributed by atoms with E-state index in [9.17, 15) is 19.2 Å². The molecule has 2 aromatic carbocycles. The van der Waals surface area contributed by atoms with Gasteiger partial charge in [-0.15, -0.1) is 0 Å². The van der Waals surface area contributed by atoms with Crippen LogP contribution in [0.2, 0.25) is 0 Å². The number of benzene rings is 2. The summed E-state index contributed by atoms with van der Waals surface area (Å²) in [5.74, 6) is 0.116. The number of hydrogen-bond donors (Lipinski definition) is 2. The average Bonchev–Trinajstić information content (AvgIpc) is 3.72. The van der Waals surface area contributed by atoms with Gasteiger partial charge in [-0.1, -0.05) is 108 Å². The zero-order valence-electron chi connectivity index (χ0n) is 30.4. The summed E-state index contributed by atoms with van der Waals surface area (Å²) in [7, 11) is 0. The Morgan fingerprint density at radius 2 is 1.24 bits per heavy atom. The van der Waals surface area contributed by atoms with Crippen molar-refractivity contribution in [1.82, 2.24) is 20.4 Å². The van der Waals surface area contributed by atoms with Gasteiger partial charge in [0.25, 0.3) is 11.8 Å². The number of likely N-dealkylation sites (tertiary alicyclic amines) is 2. The molecule has 8 nitrogen and oxygen atoms in total. The average molecular weight is 685 g/mol. The minimum absolute atomic E-state index is 0.0252. The molecule has 0 radical (unpaired) electrons. The smallest absolute Gasteiger partial charge is 0.253 e. The van der Waals surface area contributed by atoms with Crippen LogP contribution in [0.15, 0.2) is 54.6 Å². The monoisotopic (exact) mass is 684 g/mol. The van der Waals surface area contributed by atoms with Crippen molar-refractivity contribution in [2.75, 3.05) is 26.2 Å². The molecular formula is C42H60N4O4. The highest BCUT2D eigenvalue weighted by Crippen LogP contribution is 2.41. The molecule has 2 N–H and O–H groups in total. The van der Waals surface area contributed by atoms with Gasteiger partial charge in [0, 0.05) is 61.7 Å². The molecule has 3 fully saturated rings. The van der Waals surface area contributed by atoms with Gasteiger partial charge in [-0.3, -0.25) is 19.2 Å². The molecule has 2 saturated heterocycles. The van der Waals surface area contributed by atoms with Crippen LogP contribution < -0.4 is 10.6 Å². The summed E-state index contributed by atoms with van der Waals surface area (Å²) in [6.07, 6.45) is 19.2. The van der Waals surface area contributed by atoms with E-state index in [1.807, 2.05) is 23.1 Å². The third kappa shape index (κ3) is 11.4. The lowest BCUT2D eigenvalue weighted by Gasteiger charge is -2.33. The molecule has 4 amide bonds. The lowest BCUT2D eigenvalue weighted by atomic mass is 10.0. The van der Waals surface area contributed by atoms with Crippen LogP contribution >= 0.6 is 0 Å². The number of nitrogens with one attached hydrogen (secondary N) is 2. The van der Waals surface area contributed by atoms with Crippen LogP contribution in [0.25, 0.3) is 0 Å². The van der Waals surface area contributed by atoms with Gasteiger partial charge in [-0.25, -0.2) is 0 Å². The molecule has 2 aromatic rings. The Hall–Kier alpha value is -3.68. The first-order chi connectivity index (χ1) is 24.4. The number of piperidine rings is 1. The van der Waals surface area contributed by atoms with Crippen molar-refractivity contribution in [2.45, 2.75) is 134 Å². The minimum atomic E-state index is -0.200. The fourth-order valence-electron chi connectivity index (χ4n) is 7.71. The number of carbonyl (C=O) groups is 4. The van der Waals surface area contributed by atoms with Gasteiger partial charge >= 0.3 is 0 Å². The summed E-state index contributed by atoms with van der Waals surface area (Å²) in [5, 5.41) is 6.36. The lowest BCUT2D eigenvalue weighted by molar-refractivity contribution is -0.124. The van der Waals surface area contributed by atoms with E-state index in [-0.39, 0.29) is 41.6 Å². The number of carbonyl (C=O) groups excluding carboxylic acids is 4. The summed E-state index contributed by atoms with van der Waals surface area (Å²) in [6.45, 7) is 4.39. The maximum absolute atomic E-state index is 13.4. The van der Waals surface area contributed by atoms with Crippen LogP contribution in [0.4, 0.5) is 0 Å². The Bertz CT molecular complexity index is 1380. The maximum Gasteiger partial charge on any atom is 0.253 e. The van der Waals surface area contributed by atoms with E-state index in [0.29, 0.717) is 56.1 Å². The Balaban J connectivity index is 0.963. The van der Waals surface area contributed by atoms with Crippen molar-refractivity contribution in [3.05, 3.63) is 71.3 Å². The Morgan fingerprint density at radius 3 is 1.86 bits per heavy atom. The van der Waals surface area contributed by atoms with Crippen LogP contribution in [0, 0.1) is 5.92 Å². The summed E-state index contributed by atoms with van der Waals surface area (Å²) in [6, 6.07) is 17.3. The van der Waals surface area contributed by atoms with Crippen molar-refractivity contribution in [2.24, 2.45) is 5.92 Å². The summed E-state index contributed by atoms with van der Waals surface area (Å²) in [5.41, 5.74) is 2.33. The molecule has 8 heteroatoms. The van der Waals surface area contributed by atoms with Gasteiger partial charge in [0.05, 0.1) is 5.92 Å².